The van der Waals surface area contributed by atoms with Gasteiger partial charge in [0.05, 0.1) is 30.1 Å². The van der Waals surface area contributed by atoms with E-state index in [9.17, 15) is 9.90 Å². The second-order valence-electron chi connectivity index (χ2n) is 13.1. The van der Waals surface area contributed by atoms with Crippen molar-refractivity contribution in [3.63, 3.8) is 0 Å². The number of hydrogen-bond donors (Lipinski definition) is 1. The Kier molecular flexibility index (Phi) is 7.45. The van der Waals surface area contributed by atoms with Crippen LogP contribution in [0.2, 0.25) is 0 Å². The number of amides is 3. The predicted octanol–water partition coefficient (Wildman–Crippen LogP) is 4.51. The van der Waals surface area contributed by atoms with Crippen molar-refractivity contribution < 1.29 is 24.2 Å². The second-order valence-corrected chi connectivity index (χ2v) is 13.1. The molecule has 3 aromatic rings. The van der Waals surface area contributed by atoms with Crippen molar-refractivity contribution in [2.75, 3.05) is 24.6 Å². The lowest BCUT2D eigenvalue weighted by atomic mass is 9.74. The Labute approximate surface area is 269 Å². The number of fused-ring (bicyclic) bond motifs is 2. The molecule has 0 radical (unpaired) electrons. The van der Waals surface area contributed by atoms with Gasteiger partial charge in [-0.15, -0.1) is 0 Å². The highest BCUT2D eigenvalue weighted by Gasteiger charge is 2.75. The standard InChI is InChI=1S/C38H39N3O5/c1-25-13-10-14-26(2)32(25)40-22-12-20-38-31(35(44)41(33(38)36(40)45)29(24-42)28-17-8-5-9-18-28)30-34(43)39(21-11-19-37(30,3)46-38)23-27-15-6-4-7-16-27/h4-20,29-31,33,42H,21-24H2,1-3H3/t29-,30+,31+,33?,37-,38+/m1/s1. The van der Waals surface area contributed by atoms with E-state index < -0.39 is 41.7 Å². The third kappa shape index (κ3) is 4.54. The first kappa shape index (κ1) is 30.1. The van der Waals surface area contributed by atoms with Crippen LogP contribution < -0.4 is 4.90 Å². The molecule has 1 N–H and O–H groups in total. The summed E-state index contributed by atoms with van der Waals surface area (Å²) in [5.41, 5.74) is 1.78. The van der Waals surface area contributed by atoms with Gasteiger partial charge in [0.1, 0.15) is 11.6 Å². The number of hydrogen-bond acceptors (Lipinski definition) is 5. The molecule has 3 aromatic carbocycles. The Balaban J connectivity index is 1.38. The van der Waals surface area contributed by atoms with Crippen molar-refractivity contribution in [3.05, 3.63) is 125 Å². The summed E-state index contributed by atoms with van der Waals surface area (Å²) in [6, 6.07) is 23.0. The van der Waals surface area contributed by atoms with E-state index in [2.05, 4.69) is 0 Å². The molecule has 4 heterocycles. The lowest BCUT2D eigenvalue weighted by Gasteiger charge is -2.40. The van der Waals surface area contributed by atoms with E-state index in [0.717, 1.165) is 22.4 Å². The van der Waals surface area contributed by atoms with Gasteiger partial charge in [0.15, 0.2) is 0 Å². The van der Waals surface area contributed by atoms with Crippen LogP contribution in [0.5, 0.6) is 0 Å². The van der Waals surface area contributed by atoms with Crippen LogP contribution in [0, 0.1) is 25.7 Å². The highest BCUT2D eigenvalue weighted by Crippen LogP contribution is 2.59. The molecule has 0 saturated carbocycles. The van der Waals surface area contributed by atoms with E-state index in [1.807, 2.05) is 124 Å². The minimum absolute atomic E-state index is 0.191. The number of nitrogens with zero attached hydrogens (tertiary/aromatic N) is 3. The van der Waals surface area contributed by atoms with E-state index in [4.69, 9.17) is 4.74 Å². The summed E-state index contributed by atoms with van der Waals surface area (Å²) in [6.45, 7) is 6.44. The molecule has 4 aliphatic rings. The minimum Gasteiger partial charge on any atom is -0.394 e. The predicted molar refractivity (Wildman–Crippen MR) is 175 cm³/mol. The number of aliphatic hydroxyl groups excluding tert-OH is 1. The number of carbonyl (C=O) groups excluding carboxylic acids is 3. The van der Waals surface area contributed by atoms with Crippen molar-refractivity contribution in [1.82, 2.24) is 9.80 Å². The van der Waals surface area contributed by atoms with Gasteiger partial charge in [-0.05, 0) is 43.0 Å². The zero-order chi connectivity index (χ0) is 32.2. The van der Waals surface area contributed by atoms with E-state index >= 15 is 9.59 Å². The highest BCUT2D eigenvalue weighted by molar-refractivity contribution is 6.06. The van der Waals surface area contributed by atoms with Crippen LogP contribution in [0.4, 0.5) is 5.69 Å². The van der Waals surface area contributed by atoms with Crippen molar-refractivity contribution in [2.24, 2.45) is 11.8 Å². The van der Waals surface area contributed by atoms with Gasteiger partial charge in [-0.1, -0.05) is 103 Å². The largest absolute Gasteiger partial charge is 0.394 e. The number of aryl methyl sites for hydroxylation is 2. The van der Waals surface area contributed by atoms with Crippen molar-refractivity contribution in [3.8, 4) is 0 Å². The Morgan fingerprint density at radius 1 is 0.804 bits per heavy atom. The molecule has 0 aliphatic carbocycles. The van der Waals surface area contributed by atoms with Crippen LogP contribution in [0.25, 0.3) is 0 Å². The number of carbonyl (C=O) groups is 3. The normalized spacial score (nSPS) is 29.3. The fourth-order valence-electron chi connectivity index (χ4n) is 8.25. The smallest absolute Gasteiger partial charge is 0.253 e. The van der Waals surface area contributed by atoms with Gasteiger partial charge >= 0.3 is 0 Å². The molecular formula is C38H39N3O5. The van der Waals surface area contributed by atoms with Crippen molar-refractivity contribution >= 4 is 23.4 Å². The molecule has 8 heteroatoms. The third-order valence-corrected chi connectivity index (χ3v) is 10.2. The molecule has 236 valence electrons. The van der Waals surface area contributed by atoms with Gasteiger partial charge in [0.25, 0.3) is 5.91 Å². The number of para-hydroxylation sites is 1. The Morgan fingerprint density at radius 3 is 2.13 bits per heavy atom. The number of benzene rings is 3. The number of anilines is 1. The quantitative estimate of drug-likeness (QED) is 0.412. The number of aliphatic hydroxyl groups is 1. The molecule has 0 bridgehead atoms. The average Bonchev–Trinajstić information content (AvgIpc) is 3.32. The first-order chi connectivity index (χ1) is 22.2. The van der Waals surface area contributed by atoms with E-state index in [1.165, 1.54) is 4.90 Å². The summed E-state index contributed by atoms with van der Waals surface area (Å²) in [4.78, 5) is 49.7. The topological polar surface area (TPSA) is 90.4 Å². The molecule has 3 amide bonds. The zero-order valence-corrected chi connectivity index (χ0v) is 26.4. The molecule has 2 saturated heterocycles. The summed E-state index contributed by atoms with van der Waals surface area (Å²) >= 11 is 0. The number of rotatable bonds is 6. The van der Waals surface area contributed by atoms with Gasteiger partial charge < -0.3 is 24.5 Å². The summed E-state index contributed by atoms with van der Waals surface area (Å²) in [5.74, 6) is -2.72. The summed E-state index contributed by atoms with van der Waals surface area (Å²) in [5, 5.41) is 10.9. The van der Waals surface area contributed by atoms with Gasteiger partial charge in [0, 0.05) is 25.3 Å². The summed E-state index contributed by atoms with van der Waals surface area (Å²) < 4.78 is 7.03. The lowest BCUT2D eigenvalue weighted by Crippen LogP contribution is -2.57. The maximum atomic E-state index is 15.1. The third-order valence-electron chi connectivity index (χ3n) is 10.2. The molecule has 46 heavy (non-hydrogen) atoms. The maximum Gasteiger partial charge on any atom is 0.253 e. The average molecular weight is 618 g/mol. The van der Waals surface area contributed by atoms with E-state index in [0.29, 0.717) is 18.7 Å². The molecule has 1 spiro atoms. The lowest BCUT2D eigenvalue weighted by molar-refractivity contribution is -0.151. The Hall–Kier alpha value is -4.53. The minimum atomic E-state index is -1.43. The van der Waals surface area contributed by atoms with Crippen LogP contribution in [-0.4, -0.2) is 69.6 Å². The monoisotopic (exact) mass is 617 g/mol. The maximum absolute atomic E-state index is 15.1. The van der Waals surface area contributed by atoms with Gasteiger partial charge in [-0.25, -0.2) is 0 Å². The highest BCUT2D eigenvalue weighted by atomic mass is 16.5. The summed E-state index contributed by atoms with van der Waals surface area (Å²) in [6.07, 6.45) is 7.58. The molecule has 0 aromatic heterocycles. The first-order valence-corrected chi connectivity index (χ1v) is 15.9. The van der Waals surface area contributed by atoms with Crippen LogP contribution in [-0.2, 0) is 25.7 Å². The summed E-state index contributed by atoms with van der Waals surface area (Å²) in [7, 11) is 0. The molecule has 2 fully saturated rings. The SMILES string of the molecule is Cc1cccc(C)c1N1CC=C[C@]23O[C@]4(C)C=CCN(Cc5ccccc5)C(=O)[C@@H]4[C@H]2C(=O)N([C@H](CO)c2ccccc2)C3C1=O. The van der Waals surface area contributed by atoms with Gasteiger partial charge in [-0.2, -0.15) is 0 Å². The van der Waals surface area contributed by atoms with Crippen LogP contribution in [0.1, 0.15) is 35.2 Å². The van der Waals surface area contributed by atoms with E-state index in [-0.39, 0.29) is 24.3 Å². The van der Waals surface area contributed by atoms with Crippen LogP contribution >= 0.6 is 0 Å². The van der Waals surface area contributed by atoms with Crippen LogP contribution in [0.3, 0.4) is 0 Å². The molecular weight excluding hydrogens is 578 g/mol. The van der Waals surface area contributed by atoms with Crippen molar-refractivity contribution in [2.45, 2.75) is 50.6 Å². The van der Waals surface area contributed by atoms with E-state index in [1.54, 1.807) is 9.80 Å². The van der Waals surface area contributed by atoms with Crippen molar-refractivity contribution in [1.29, 1.82) is 0 Å². The fraction of sp³-hybridized carbons (Fsp3) is 0.342. The molecule has 6 atom stereocenters. The van der Waals surface area contributed by atoms with Gasteiger partial charge in [0.2, 0.25) is 11.8 Å². The Morgan fingerprint density at radius 2 is 1.46 bits per heavy atom. The molecule has 7 rings (SSSR count). The molecule has 8 nitrogen and oxygen atoms in total. The van der Waals surface area contributed by atoms with Gasteiger partial charge in [-0.3, -0.25) is 14.4 Å². The molecule has 4 aliphatic heterocycles. The number of ether oxygens (including phenoxy) is 1. The molecule has 1 unspecified atom stereocenters. The zero-order valence-electron chi connectivity index (χ0n) is 26.4. The second kappa shape index (κ2) is 11.4. The fourth-order valence-corrected chi connectivity index (χ4v) is 8.25. The Bertz CT molecular complexity index is 1720. The van der Waals surface area contributed by atoms with Crippen LogP contribution in [0.15, 0.2) is 103 Å². The first-order valence-electron chi connectivity index (χ1n) is 15.9. The number of likely N-dealkylation sites (tertiary alicyclic amines) is 1.